The monoisotopic (exact) mass is 477 g/mol. The van der Waals surface area contributed by atoms with Crippen LogP contribution < -0.4 is 19.5 Å². The van der Waals surface area contributed by atoms with Crippen LogP contribution in [0.3, 0.4) is 0 Å². The zero-order valence-corrected chi connectivity index (χ0v) is 20.3. The number of sulfonamides is 1. The van der Waals surface area contributed by atoms with Gasteiger partial charge in [-0.2, -0.15) is 4.31 Å². The molecule has 10 heteroatoms. The Balaban J connectivity index is 1.71. The quantitative estimate of drug-likeness (QED) is 0.586. The highest BCUT2D eigenvalue weighted by Gasteiger charge is 2.30. The highest BCUT2D eigenvalue weighted by atomic mass is 32.2. The van der Waals surface area contributed by atoms with E-state index in [0.29, 0.717) is 50.6 Å². The summed E-state index contributed by atoms with van der Waals surface area (Å²) in [4.78, 5) is 14.8. The molecule has 2 aromatic carbocycles. The van der Waals surface area contributed by atoms with Crippen LogP contribution in [0.2, 0.25) is 0 Å². The van der Waals surface area contributed by atoms with Crippen molar-refractivity contribution in [2.75, 3.05) is 61.1 Å². The van der Waals surface area contributed by atoms with Crippen LogP contribution in [0, 0.1) is 0 Å². The van der Waals surface area contributed by atoms with Gasteiger partial charge in [0.1, 0.15) is 10.6 Å². The summed E-state index contributed by atoms with van der Waals surface area (Å²) in [6, 6.07) is 10.0. The van der Waals surface area contributed by atoms with Gasteiger partial charge in [0.25, 0.3) is 5.91 Å². The first-order chi connectivity index (χ1) is 15.8. The third kappa shape index (κ3) is 5.76. The van der Waals surface area contributed by atoms with Crippen molar-refractivity contribution in [2.24, 2.45) is 0 Å². The van der Waals surface area contributed by atoms with Gasteiger partial charge in [-0.05, 0) is 49.4 Å². The number of hydrogen-bond donors (Lipinski definition) is 1. The van der Waals surface area contributed by atoms with Crippen LogP contribution in [0.4, 0.5) is 0 Å². The molecule has 1 amide bonds. The lowest BCUT2D eigenvalue weighted by atomic mass is 10.1. The molecule has 0 spiro atoms. The smallest absolute Gasteiger partial charge is 0.251 e. The Kier molecular flexibility index (Phi) is 8.17. The minimum absolute atomic E-state index is 0.00194. The van der Waals surface area contributed by atoms with Crippen LogP contribution >= 0.6 is 0 Å². The molecule has 2 aromatic rings. The van der Waals surface area contributed by atoms with Crippen molar-refractivity contribution < 1.29 is 27.4 Å². The fraction of sp³-hybridized carbons (Fsp3) is 0.435. The maximum atomic E-state index is 13.2. The van der Waals surface area contributed by atoms with Gasteiger partial charge >= 0.3 is 0 Å². The fourth-order valence-corrected chi connectivity index (χ4v) is 5.25. The standard InChI is InChI=1S/C23H31N3O6S/c1-25-11-13-26(14-12-25)33(28,29)22-16-18(6-8-20(22)31-3)23(27)24-10-9-17-5-7-19(30-2)21(15-17)32-4/h5-8,15-16H,9-14H2,1-4H3,(H,24,27). The minimum atomic E-state index is -3.79. The van der Waals surface area contributed by atoms with Crippen LogP contribution in [0.1, 0.15) is 15.9 Å². The highest BCUT2D eigenvalue weighted by molar-refractivity contribution is 7.89. The van der Waals surface area contributed by atoms with Crippen LogP contribution in [0.25, 0.3) is 0 Å². The predicted molar refractivity (Wildman–Crippen MR) is 125 cm³/mol. The Hall–Kier alpha value is -2.82. The van der Waals surface area contributed by atoms with E-state index in [1.165, 1.54) is 23.5 Å². The number of carbonyl (C=O) groups excluding carboxylic acids is 1. The Morgan fingerprint density at radius 1 is 0.909 bits per heavy atom. The number of carbonyl (C=O) groups is 1. The first-order valence-corrected chi connectivity index (χ1v) is 12.1. The second-order valence-electron chi connectivity index (χ2n) is 7.77. The van der Waals surface area contributed by atoms with E-state index in [4.69, 9.17) is 14.2 Å². The van der Waals surface area contributed by atoms with Gasteiger partial charge in [0.2, 0.25) is 10.0 Å². The van der Waals surface area contributed by atoms with Crippen molar-refractivity contribution in [3.63, 3.8) is 0 Å². The van der Waals surface area contributed by atoms with Gasteiger partial charge in [-0.25, -0.2) is 8.42 Å². The van der Waals surface area contributed by atoms with Crippen LogP contribution in [0.15, 0.2) is 41.3 Å². The molecule has 3 rings (SSSR count). The van der Waals surface area contributed by atoms with Gasteiger partial charge in [-0.3, -0.25) is 4.79 Å². The van der Waals surface area contributed by atoms with E-state index in [2.05, 4.69) is 10.2 Å². The average molecular weight is 478 g/mol. The summed E-state index contributed by atoms with van der Waals surface area (Å²) < 4.78 is 43.7. The summed E-state index contributed by atoms with van der Waals surface area (Å²) in [5, 5.41) is 2.85. The van der Waals surface area contributed by atoms with Crippen molar-refractivity contribution in [2.45, 2.75) is 11.3 Å². The van der Waals surface area contributed by atoms with Gasteiger partial charge < -0.3 is 24.4 Å². The molecule has 1 N–H and O–H groups in total. The second-order valence-corrected chi connectivity index (χ2v) is 9.67. The molecule has 0 bridgehead atoms. The van der Waals surface area contributed by atoms with Crippen molar-refractivity contribution in [1.82, 2.24) is 14.5 Å². The third-order valence-corrected chi connectivity index (χ3v) is 7.57. The van der Waals surface area contributed by atoms with Gasteiger partial charge in [0, 0.05) is 38.3 Å². The summed E-state index contributed by atoms with van der Waals surface area (Å²) in [7, 11) is 2.73. The molecule has 0 radical (unpaired) electrons. The topological polar surface area (TPSA) is 97.4 Å². The maximum absolute atomic E-state index is 13.2. The largest absolute Gasteiger partial charge is 0.495 e. The van der Waals surface area contributed by atoms with E-state index >= 15 is 0 Å². The third-order valence-electron chi connectivity index (χ3n) is 5.65. The van der Waals surface area contributed by atoms with Crippen molar-refractivity contribution in [3.05, 3.63) is 47.5 Å². The molecule has 0 aromatic heterocycles. The molecule has 1 saturated heterocycles. The van der Waals surface area contributed by atoms with Crippen molar-refractivity contribution >= 4 is 15.9 Å². The van der Waals surface area contributed by atoms with E-state index < -0.39 is 10.0 Å². The SMILES string of the molecule is COc1ccc(CCNC(=O)c2ccc(OC)c(S(=O)(=O)N3CCN(C)CC3)c2)cc1OC. The summed E-state index contributed by atoms with van der Waals surface area (Å²) in [6.45, 7) is 2.46. The molecule has 180 valence electrons. The number of ether oxygens (including phenoxy) is 3. The number of benzene rings is 2. The molecule has 9 nitrogen and oxygen atoms in total. The average Bonchev–Trinajstić information content (AvgIpc) is 2.83. The first kappa shape index (κ1) is 24.8. The lowest BCUT2D eigenvalue weighted by Crippen LogP contribution is -2.47. The Morgan fingerprint density at radius 2 is 1.55 bits per heavy atom. The molecule has 0 saturated carbocycles. The molecular weight excluding hydrogens is 446 g/mol. The first-order valence-electron chi connectivity index (χ1n) is 10.7. The Labute approximate surface area is 195 Å². The predicted octanol–water partition coefficient (Wildman–Crippen LogP) is 1.62. The molecule has 1 fully saturated rings. The molecule has 1 aliphatic rings. The van der Waals surface area contributed by atoms with Crippen LogP contribution in [-0.4, -0.2) is 84.6 Å². The van der Waals surface area contributed by atoms with Gasteiger partial charge in [-0.1, -0.05) is 6.07 Å². The summed E-state index contributed by atoms with van der Waals surface area (Å²) in [5.41, 5.74) is 1.23. The van der Waals surface area contributed by atoms with Gasteiger partial charge in [-0.15, -0.1) is 0 Å². The summed E-state index contributed by atoms with van der Waals surface area (Å²) >= 11 is 0. The van der Waals surface area contributed by atoms with Gasteiger partial charge in [0.05, 0.1) is 21.3 Å². The Morgan fingerprint density at radius 3 is 2.18 bits per heavy atom. The van der Waals surface area contributed by atoms with Crippen LogP contribution in [-0.2, 0) is 16.4 Å². The molecule has 0 aliphatic carbocycles. The molecule has 0 unspecified atom stereocenters. The van der Waals surface area contributed by atoms with E-state index in [-0.39, 0.29) is 22.1 Å². The number of methoxy groups -OCH3 is 3. The molecule has 33 heavy (non-hydrogen) atoms. The number of hydrogen-bond acceptors (Lipinski definition) is 7. The number of nitrogens with zero attached hydrogens (tertiary/aromatic N) is 2. The van der Waals surface area contributed by atoms with Crippen LogP contribution in [0.5, 0.6) is 17.2 Å². The molecule has 1 heterocycles. The van der Waals surface area contributed by atoms with Crippen molar-refractivity contribution in [3.8, 4) is 17.2 Å². The number of rotatable bonds is 9. The zero-order chi connectivity index (χ0) is 24.0. The second kappa shape index (κ2) is 10.9. The van der Waals surface area contributed by atoms with E-state index in [1.807, 2.05) is 25.2 Å². The maximum Gasteiger partial charge on any atom is 0.251 e. The minimum Gasteiger partial charge on any atom is -0.495 e. The number of amides is 1. The summed E-state index contributed by atoms with van der Waals surface area (Å²) in [5.74, 6) is 1.12. The number of nitrogens with one attached hydrogen (secondary N) is 1. The lowest BCUT2D eigenvalue weighted by Gasteiger charge is -2.31. The number of likely N-dealkylation sites (N-methyl/N-ethyl adjacent to an activating group) is 1. The van der Waals surface area contributed by atoms with E-state index in [9.17, 15) is 13.2 Å². The molecular formula is C23H31N3O6S. The van der Waals surface area contributed by atoms with E-state index in [0.717, 1.165) is 5.56 Å². The number of piperazine rings is 1. The molecule has 0 atom stereocenters. The van der Waals surface area contributed by atoms with E-state index in [1.54, 1.807) is 20.3 Å². The lowest BCUT2D eigenvalue weighted by molar-refractivity contribution is 0.0954. The van der Waals surface area contributed by atoms with Crippen molar-refractivity contribution in [1.29, 1.82) is 0 Å². The summed E-state index contributed by atoms with van der Waals surface area (Å²) in [6.07, 6.45) is 0.578. The van der Waals surface area contributed by atoms with Gasteiger partial charge in [0.15, 0.2) is 11.5 Å². The zero-order valence-electron chi connectivity index (χ0n) is 19.5. The normalized spacial score (nSPS) is 15.2. The Bertz CT molecular complexity index is 1080. The molecule has 1 aliphatic heterocycles. The highest BCUT2D eigenvalue weighted by Crippen LogP contribution is 2.29. The fourth-order valence-electron chi connectivity index (χ4n) is 3.65.